The van der Waals surface area contributed by atoms with E-state index >= 15 is 0 Å². The molecule has 0 amide bonds. The van der Waals surface area contributed by atoms with Crippen LogP contribution < -0.4 is 10.5 Å². The van der Waals surface area contributed by atoms with E-state index in [-0.39, 0.29) is 5.25 Å². The lowest BCUT2D eigenvalue weighted by atomic mass is 9.91. The van der Waals surface area contributed by atoms with Crippen LogP contribution in [-0.4, -0.2) is 16.6 Å². The molecule has 2 rings (SSSR count). The molecule has 1 saturated carbocycles. The van der Waals surface area contributed by atoms with Crippen molar-refractivity contribution in [2.45, 2.75) is 42.8 Å². The zero-order chi connectivity index (χ0) is 13.1. The van der Waals surface area contributed by atoms with Crippen LogP contribution in [0.15, 0.2) is 23.1 Å². The molecule has 1 fully saturated rings. The van der Waals surface area contributed by atoms with E-state index in [0.717, 1.165) is 23.5 Å². The predicted molar refractivity (Wildman–Crippen MR) is 75.2 cm³/mol. The van der Waals surface area contributed by atoms with Gasteiger partial charge in [-0.1, -0.05) is 19.8 Å². The van der Waals surface area contributed by atoms with E-state index in [4.69, 9.17) is 10.5 Å². The molecule has 18 heavy (non-hydrogen) atoms. The summed E-state index contributed by atoms with van der Waals surface area (Å²) in [6, 6.07) is 5.39. The highest BCUT2D eigenvalue weighted by Gasteiger charge is 2.26. The van der Waals surface area contributed by atoms with Crippen LogP contribution in [0.2, 0.25) is 0 Å². The lowest BCUT2D eigenvalue weighted by Gasteiger charge is -2.26. The second kappa shape index (κ2) is 5.74. The van der Waals surface area contributed by atoms with E-state index in [1.165, 1.54) is 12.8 Å². The third-order valence-corrected chi connectivity index (χ3v) is 5.45. The molecule has 3 unspecified atom stereocenters. The summed E-state index contributed by atoms with van der Waals surface area (Å²) in [7, 11) is 0.593. The van der Waals surface area contributed by atoms with Gasteiger partial charge in [0.15, 0.2) is 0 Å². The van der Waals surface area contributed by atoms with Crippen molar-refractivity contribution < 1.29 is 8.95 Å². The van der Waals surface area contributed by atoms with E-state index in [1.54, 1.807) is 19.2 Å². The summed E-state index contributed by atoms with van der Waals surface area (Å²) in [6.07, 6.45) is 4.49. The first-order chi connectivity index (χ1) is 8.61. The van der Waals surface area contributed by atoms with Crippen molar-refractivity contribution in [2.24, 2.45) is 5.92 Å². The zero-order valence-corrected chi connectivity index (χ0v) is 11.8. The van der Waals surface area contributed by atoms with Gasteiger partial charge in [-0.25, -0.2) is 0 Å². The summed E-state index contributed by atoms with van der Waals surface area (Å²) in [6.45, 7) is 2.23. The molecule has 1 aromatic rings. The third kappa shape index (κ3) is 2.86. The Balaban J connectivity index is 2.22. The van der Waals surface area contributed by atoms with Crippen molar-refractivity contribution in [3.05, 3.63) is 18.2 Å². The molecule has 0 bridgehead atoms. The first-order valence-corrected chi connectivity index (χ1v) is 7.67. The van der Waals surface area contributed by atoms with Gasteiger partial charge in [0, 0.05) is 10.9 Å². The van der Waals surface area contributed by atoms with Crippen molar-refractivity contribution in [1.29, 1.82) is 0 Å². The van der Waals surface area contributed by atoms with Crippen molar-refractivity contribution in [3.63, 3.8) is 0 Å². The highest BCUT2D eigenvalue weighted by Crippen LogP contribution is 2.32. The summed E-state index contributed by atoms with van der Waals surface area (Å²) in [5, 5.41) is 0.239. The Labute approximate surface area is 111 Å². The minimum Gasteiger partial charge on any atom is -0.497 e. The molecule has 3 atom stereocenters. The van der Waals surface area contributed by atoms with Gasteiger partial charge in [-0.2, -0.15) is 0 Å². The quantitative estimate of drug-likeness (QED) is 0.857. The van der Waals surface area contributed by atoms with Gasteiger partial charge >= 0.3 is 0 Å². The van der Waals surface area contributed by atoms with Crippen molar-refractivity contribution >= 4 is 16.5 Å². The standard InChI is InChI=1S/C14H21NO2S/c1-10-4-3-5-12(8-10)18(16)14-9-11(17-2)6-7-13(14)15/h6-7,9-10,12H,3-5,8,15H2,1-2H3. The number of methoxy groups -OCH3 is 1. The summed E-state index contributed by atoms with van der Waals surface area (Å²) in [5.74, 6) is 1.39. The summed E-state index contributed by atoms with van der Waals surface area (Å²) in [5.41, 5.74) is 6.54. The highest BCUT2D eigenvalue weighted by molar-refractivity contribution is 7.85. The summed E-state index contributed by atoms with van der Waals surface area (Å²) >= 11 is 0. The summed E-state index contributed by atoms with van der Waals surface area (Å²) < 4.78 is 17.8. The summed E-state index contributed by atoms with van der Waals surface area (Å²) in [4.78, 5) is 0.730. The van der Waals surface area contributed by atoms with Crippen LogP contribution in [0.4, 0.5) is 5.69 Å². The number of anilines is 1. The zero-order valence-electron chi connectivity index (χ0n) is 11.0. The van der Waals surface area contributed by atoms with Crippen molar-refractivity contribution in [1.82, 2.24) is 0 Å². The Morgan fingerprint density at radius 2 is 2.17 bits per heavy atom. The highest BCUT2D eigenvalue weighted by atomic mass is 32.2. The predicted octanol–water partition coefficient (Wildman–Crippen LogP) is 2.96. The van der Waals surface area contributed by atoms with E-state index < -0.39 is 10.8 Å². The minimum absolute atomic E-state index is 0.239. The number of ether oxygens (including phenoxy) is 1. The fourth-order valence-corrected chi connectivity index (χ4v) is 4.34. The molecule has 100 valence electrons. The molecule has 0 aliphatic heterocycles. The third-order valence-electron chi connectivity index (χ3n) is 3.63. The lowest BCUT2D eigenvalue weighted by Crippen LogP contribution is -2.23. The van der Waals surface area contributed by atoms with Crippen LogP contribution in [0.5, 0.6) is 5.75 Å². The molecule has 2 N–H and O–H groups in total. The van der Waals surface area contributed by atoms with Gasteiger partial charge in [-0.3, -0.25) is 4.21 Å². The first kappa shape index (κ1) is 13.4. The van der Waals surface area contributed by atoms with Crippen LogP contribution in [0, 0.1) is 5.92 Å². The molecule has 1 aliphatic carbocycles. The van der Waals surface area contributed by atoms with E-state index in [2.05, 4.69) is 6.92 Å². The average molecular weight is 267 g/mol. The van der Waals surface area contributed by atoms with Crippen LogP contribution in [0.1, 0.15) is 32.6 Å². The van der Waals surface area contributed by atoms with E-state index in [1.807, 2.05) is 6.07 Å². The maximum absolute atomic E-state index is 12.6. The van der Waals surface area contributed by atoms with Gasteiger partial charge in [-0.05, 0) is 37.0 Å². The van der Waals surface area contributed by atoms with Crippen LogP contribution in [0.3, 0.4) is 0 Å². The number of nitrogen functional groups attached to an aromatic ring is 1. The first-order valence-electron chi connectivity index (χ1n) is 6.46. The Kier molecular flexibility index (Phi) is 4.27. The van der Waals surface area contributed by atoms with Crippen LogP contribution >= 0.6 is 0 Å². The number of hydrogen-bond acceptors (Lipinski definition) is 3. The second-order valence-corrected chi connectivity index (χ2v) is 6.80. The van der Waals surface area contributed by atoms with Crippen molar-refractivity contribution in [3.8, 4) is 5.75 Å². The monoisotopic (exact) mass is 267 g/mol. The molecule has 0 spiro atoms. The van der Waals surface area contributed by atoms with Crippen LogP contribution in [-0.2, 0) is 10.8 Å². The van der Waals surface area contributed by atoms with Crippen LogP contribution in [0.25, 0.3) is 0 Å². The van der Waals surface area contributed by atoms with Gasteiger partial charge in [0.25, 0.3) is 0 Å². The average Bonchev–Trinajstić information content (AvgIpc) is 2.38. The normalized spacial score (nSPS) is 25.7. The van der Waals surface area contributed by atoms with Gasteiger partial charge in [0.2, 0.25) is 0 Å². The van der Waals surface area contributed by atoms with Gasteiger partial charge in [0.1, 0.15) is 5.75 Å². The van der Waals surface area contributed by atoms with Gasteiger partial charge in [-0.15, -0.1) is 0 Å². The largest absolute Gasteiger partial charge is 0.497 e. The fraction of sp³-hybridized carbons (Fsp3) is 0.571. The van der Waals surface area contributed by atoms with E-state index in [9.17, 15) is 4.21 Å². The molecule has 3 nitrogen and oxygen atoms in total. The molecule has 0 saturated heterocycles. The second-order valence-electron chi connectivity index (χ2n) is 5.09. The number of hydrogen-bond donors (Lipinski definition) is 1. The molecular weight excluding hydrogens is 246 g/mol. The molecule has 1 aliphatic rings. The maximum atomic E-state index is 12.6. The Hall–Kier alpha value is -1.03. The van der Waals surface area contributed by atoms with Gasteiger partial charge < -0.3 is 10.5 Å². The number of nitrogens with two attached hydrogens (primary N) is 1. The molecule has 0 radical (unpaired) electrons. The number of rotatable bonds is 3. The minimum atomic E-state index is -1.02. The molecule has 1 aromatic carbocycles. The Morgan fingerprint density at radius 3 is 2.83 bits per heavy atom. The molecule has 0 aromatic heterocycles. The fourth-order valence-electron chi connectivity index (χ4n) is 2.57. The van der Waals surface area contributed by atoms with Gasteiger partial charge in [0.05, 0.1) is 22.8 Å². The lowest BCUT2D eigenvalue weighted by molar-refractivity contribution is 0.389. The SMILES string of the molecule is COc1ccc(N)c(S(=O)C2CCCC(C)C2)c1. The smallest absolute Gasteiger partial charge is 0.120 e. The topological polar surface area (TPSA) is 52.3 Å². The molecular formula is C14H21NO2S. The molecule has 0 heterocycles. The Morgan fingerprint density at radius 1 is 1.39 bits per heavy atom. The van der Waals surface area contributed by atoms with Crippen molar-refractivity contribution in [2.75, 3.05) is 12.8 Å². The van der Waals surface area contributed by atoms with E-state index in [0.29, 0.717) is 11.6 Å². The molecule has 4 heteroatoms. The number of benzene rings is 1. The maximum Gasteiger partial charge on any atom is 0.120 e. The Bertz CT molecular complexity index is 447.